The number of nitrogens with one attached hydrogen (secondary N) is 2. The Balaban J connectivity index is 2.20. The van der Waals surface area contributed by atoms with Gasteiger partial charge in [-0.25, -0.2) is 0 Å². The highest BCUT2D eigenvalue weighted by Gasteiger charge is 2.20. The lowest BCUT2D eigenvalue weighted by molar-refractivity contribution is -0.122. The van der Waals surface area contributed by atoms with Crippen LogP contribution in [0.5, 0.6) is 0 Å². The zero-order valence-electron chi connectivity index (χ0n) is 11.2. The molecular formula is C13H24N4O. The smallest absolute Gasteiger partial charge is 0.234 e. The molecule has 1 atom stereocenters. The number of carbonyl (C=O) groups is 1. The molecule has 1 heterocycles. The van der Waals surface area contributed by atoms with E-state index in [1.54, 1.807) is 0 Å². The molecule has 1 aliphatic rings. The van der Waals surface area contributed by atoms with Crippen LogP contribution in [0.15, 0.2) is 0 Å². The fourth-order valence-corrected chi connectivity index (χ4v) is 2.33. The van der Waals surface area contributed by atoms with Crippen LogP contribution in [-0.4, -0.2) is 50.1 Å². The summed E-state index contributed by atoms with van der Waals surface area (Å²) in [4.78, 5) is 13.8. The van der Waals surface area contributed by atoms with Crippen molar-refractivity contribution in [1.82, 2.24) is 15.5 Å². The van der Waals surface area contributed by atoms with Crippen molar-refractivity contribution in [2.75, 3.05) is 39.3 Å². The summed E-state index contributed by atoms with van der Waals surface area (Å²) in [6, 6.07) is 2.02. The van der Waals surface area contributed by atoms with Crippen LogP contribution in [0, 0.1) is 17.2 Å². The van der Waals surface area contributed by atoms with Gasteiger partial charge in [-0.1, -0.05) is 6.92 Å². The maximum absolute atomic E-state index is 11.6. The summed E-state index contributed by atoms with van der Waals surface area (Å²) in [6.45, 7) is 7.10. The maximum atomic E-state index is 11.6. The van der Waals surface area contributed by atoms with Gasteiger partial charge in [0.2, 0.25) is 5.91 Å². The molecule has 102 valence electrons. The summed E-state index contributed by atoms with van der Waals surface area (Å²) in [5, 5.41) is 14.5. The van der Waals surface area contributed by atoms with Gasteiger partial charge in [-0.15, -0.1) is 0 Å². The minimum atomic E-state index is 0.0364. The highest BCUT2D eigenvalue weighted by molar-refractivity contribution is 5.78. The van der Waals surface area contributed by atoms with Gasteiger partial charge < -0.3 is 10.6 Å². The van der Waals surface area contributed by atoms with E-state index in [2.05, 4.69) is 22.5 Å². The Labute approximate surface area is 110 Å². The first-order chi connectivity index (χ1) is 8.76. The molecule has 18 heavy (non-hydrogen) atoms. The third-order valence-electron chi connectivity index (χ3n) is 3.21. The highest BCUT2D eigenvalue weighted by atomic mass is 16.2. The van der Waals surface area contributed by atoms with Crippen molar-refractivity contribution < 1.29 is 4.79 Å². The average molecular weight is 252 g/mol. The summed E-state index contributed by atoms with van der Waals surface area (Å²) < 4.78 is 0. The normalized spacial score (nSPS) is 20.3. The van der Waals surface area contributed by atoms with Crippen molar-refractivity contribution in [2.24, 2.45) is 5.92 Å². The van der Waals surface area contributed by atoms with Crippen molar-refractivity contribution >= 4 is 5.91 Å². The molecule has 1 aliphatic heterocycles. The van der Waals surface area contributed by atoms with Crippen molar-refractivity contribution in [3.05, 3.63) is 0 Å². The van der Waals surface area contributed by atoms with Crippen LogP contribution < -0.4 is 10.6 Å². The first kappa shape index (κ1) is 14.9. The molecule has 1 saturated heterocycles. The molecule has 1 amide bonds. The fraction of sp³-hybridized carbons (Fsp3) is 0.846. The molecule has 0 bridgehead atoms. The fourth-order valence-electron chi connectivity index (χ4n) is 2.33. The first-order valence-corrected chi connectivity index (χ1v) is 6.83. The van der Waals surface area contributed by atoms with Crippen LogP contribution in [0.1, 0.15) is 26.2 Å². The SMILES string of the molecule is CCNCC1CCCN(CC(=O)NCCC#N)C1. The zero-order chi connectivity index (χ0) is 13.2. The summed E-state index contributed by atoms with van der Waals surface area (Å²) in [5.74, 6) is 0.694. The van der Waals surface area contributed by atoms with E-state index < -0.39 is 0 Å². The number of likely N-dealkylation sites (tertiary alicyclic amines) is 1. The van der Waals surface area contributed by atoms with E-state index in [4.69, 9.17) is 5.26 Å². The molecule has 0 saturated carbocycles. The quantitative estimate of drug-likeness (QED) is 0.641. The van der Waals surface area contributed by atoms with E-state index in [-0.39, 0.29) is 5.91 Å². The number of nitrogens with zero attached hydrogens (tertiary/aromatic N) is 2. The third-order valence-corrected chi connectivity index (χ3v) is 3.21. The molecule has 2 N–H and O–H groups in total. The Hall–Kier alpha value is -1.12. The van der Waals surface area contributed by atoms with Crippen molar-refractivity contribution in [3.8, 4) is 6.07 Å². The number of piperidine rings is 1. The molecule has 0 aromatic rings. The van der Waals surface area contributed by atoms with Gasteiger partial charge in [-0.3, -0.25) is 9.69 Å². The largest absolute Gasteiger partial charge is 0.354 e. The minimum absolute atomic E-state index is 0.0364. The predicted molar refractivity (Wildman–Crippen MR) is 70.9 cm³/mol. The second-order valence-electron chi connectivity index (χ2n) is 4.81. The predicted octanol–water partition coefficient (Wildman–Crippen LogP) is 0.338. The van der Waals surface area contributed by atoms with Gasteiger partial charge >= 0.3 is 0 Å². The minimum Gasteiger partial charge on any atom is -0.354 e. The second kappa shape index (κ2) is 8.90. The van der Waals surface area contributed by atoms with Gasteiger partial charge in [0, 0.05) is 13.1 Å². The van der Waals surface area contributed by atoms with Gasteiger partial charge in [0.25, 0.3) is 0 Å². The summed E-state index contributed by atoms with van der Waals surface area (Å²) >= 11 is 0. The molecule has 0 aromatic carbocycles. The molecule has 5 heteroatoms. The lowest BCUT2D eigenvalue weighted by atomic mass is 9.98. The lowest BCUT2D eigenvalue weighted by Crippen LogP contribution is -2.44. The van der Waals surface area contributed by atoms with Gasteiger partial charge in [0.1, 0.15) is 0 Å². The Morgan fingerprint density at radius 2 is 2.39 bits per heavy atom. The van der Waals surface area contributed by atoms with Crippen LogP contribution in [0.3, 0.4) is 0 Å². The molecule has 0 aromatic heterocycles. The van der Waals surface area contributed by atoms with Crippen LogP contribution in [-0.2, 0) is 4.79 Å². The van der Waals surface area contributed by atoms with Crippen LogP contribution >= 0.6 is 0 Å². The van der Waals surface area contributed by atoms with Crippen LogP contribution in [0.25, 0.3) is 0 Å². The van der Waals surface area contributed by atoms with Gasteiger partial charge in [0.05, 0.1) is 19.0 Å². The van der Waals surface area contributed by atoms with Gasteiger partial charge in [-0.05, 0) is 38.4 Å². The first-order valence-electron chi connectivity index (χ1n) is 6.83. The molecule has 5 nitrogen and oxygen atoms in total. The number of hydrogen-bond acceptors (Lipinski definition) is 4. The Morgan fingerprint density at radius 3 is 3.11 bits per heavy atom. The zero-order valence-corrected chi connectivity index (χ0v) is 11.2. The van der Waals surface area contributed by atoms with E-state index in [1.165, 1.54) is 12.8 Å². The summed E-state index contributed by atoms with van der Waals surface area (Å²) in [5.41, 5.74) is 0. The summed E-state index contributed by atoms with van der Waals surface area (Å²) in [7, 11) is 0. The number of hydrogen-bond donors (Lipinski definition) is 2. The number of amides is 1. The van der Waals surface area contributed by atoms with Gasteiger partial charge in [0.15, 0.2) is 0 Å². The van der Waals surface area contributed by atoms with E-state index in [0.717, 1.165) is 26.2 Å². The number of rotatable bonds is 7. The van der Waals surface area contributed by atoms with Gasteiger partial charge in [-0.2, -0.15) is 5.26 Å². The topological polar surface area (TPSA) is 68.2 Å². The maximum Gasteiger partial charge on any atom is 0.234 e. The van der Waals surface area contributed by atoms with Crippen molar-refractivity contribution in [2.45, 2.75) is 26.2 Å². The standard InChI is InChI=1S/C13H24N4O/c1-2-15-9-12-5-3-8-17(10-12)11-13(18)16-7-4-6-14/h12,15H,2-5,7-11H2,1H3,(H,16,18). The van der Waals surface area contributed by atoms with E-state index in [1.807, 2.05) is 6.07 Å². The number of carbonyl (C=O) groups excluding carboxylic acids is 1. The average Bonchev–Trinajstić information content (AvgIpc) is 2.37. The summed E-state index contributed by atoms with van der Waals surface area (Å²) in [6.07, 6.45) is 2.80. The molecule has 1 fully saturated rings. The molecule has 1 rings (SSSR count). The molecule has 0 aliphatic carbocycles. The van der Waals surface area contributed by atoms with E-state index >= 15 is 0 Å². The molecule has 0 spiro atoms. The molecule has 0 radical (unpaired) electrons. The van der Waals surface area contributed by atoms with Crippen molar-refractivity contribution in [3.63, 3.8) is 0 Å². The number of nitriles is 1. The van der Waals surface area contributed by atoms with Crippen molar-refractivity contribution in [1.29, 1.82) is 5.26 Å². The Bertz CT molecular complexity index is 287. The van der Waals surface area contributed by atoms with Crippen LogP contribution in [0.2, 0.25) is 0 Å². The Kier molecular flexibility index (Phi) is 7.38. The Morgan fingerprint density at radius 1 is 1.56 bits per heavy atom. The van der Waals surface area contributed by atoms with E-state index in [0.29, 0.717) is 25.4 Å². The highest BCUT2D eigenvalue weighted by Crippen LogP contribution is 2.15. The third kappa shape index (κ3) is 5.99. The van der Waals surface area contributed by atoms with Crippen LogP contribution in [0.4, 0.5) is 0 Å². The molecule has 1 unspecified atom stereocenters. The second-order valence-corrected chi connectivity index (χ2v) is 4.81. The van der Waals surface area contributed by atoms with E-state index in [9.17, 15) is 4.79 Å². The monoisotopic (exact) mass is 252 g/mol. The molecular weight excluding hydrogens is 228 g/mol. The lowest BCUT2D eigenvalue weighted by Gasteiger charge is -2.32.